The number of nitrogens with one attached hydrogen (secondary N) is 3. The van der Waals surface area contributed by atoms with Gasteiger partial charge in [-0.05, 0) is 62.7 Å². The van der Waals surface area contributed by atoms with E-state index in [0.29, 0.717) is 22.0 Å². The maximum Gasteiger partial charge on any atom is 0.262 e. The van der Waals surface area contributed by atoms with Crippen LogP contribution >= 0.6 is 23.2 Å². The van der Waals surface area contributed by atoms with Gasteiger partial charge < -0.3 is 20.5 Å². The third-order valence-electron chi connectivity index (χ3n) is 7.16. The molecular weight excluding hydrogens is 577 g/mol. The molecule has 42 heavy (non-hydrogen) atoms. The molecule has 0 bridgehead atoms. The van der Waals surface area contributed by atoms with Crippen LogP contribution in [-0.2, 0) is 6.54 Å². The molecule has 4 aromatic rings. The van der Waals surface area contributed by atoms with Gasteiger partial charge >= 0.3 is 0 Å². The summed E-state index contributed by atoms with van der Waals surface area (Å²) in [7, 11) is 0. The monoisotopic (exact) mass is 607 g/mol. The van der Waals surface area contributed by atoms with Crippen LogP contribution in [0.5, 0.6) is 0 Å². The number of hydrogen-bond acceptors (Lipinski definition) is 7. The maximum absolute atomic E-state index is 13.1. The molecule has 2 aromatic carbocycles. The van der Waals surface area contributed by atoms with Crippen molar-refractivity contribution in [2.45, 2.75) is 32.9 Å². The summed E-state index contributed by atoms with van der Waals surface area (Å²) in [5, 5.41) is 6.76. The average molecular weight is 609 g/mol. The van der Waals surface area contributed by atoms with Crippen molar-refractivity contribution in [1.82, 2.24) is 25.2 Å². The molecule has 10 nitrogen and oxygen atoms in total. The first kappa shape index (κ1) is 29.5. The molecule has 3 heterocycles. The van der Waals surface area contributed by atoms with Gasteiger partial charge in [-0.3, -0.25) is 19.3 Å². The van der Waals surface area contributed by atoms with E-state index >= 15 is 0 Å². The van der Waals surface area contributed by atoms with E-state index in [1.165, 1.54) is 18.2 Å². The minimum atomic E-state index is -0.682. The first-order valence-corrected chi connectivity index (χ1v) is 14.3. The summed E-state index contributed by atoms with van der Waals surface area (Å²) in [6.45, 7) is 10.2. The highest BCUT2D eigenvalue weighted by Crippen LogP contribution is 2.24. The van der Waals surface area contributed by atoms with Crippen molar-refractivity contribution in [3.05, 3.63) is 91.8 Å². The number of benzene rings is 2. The molecule has 1 aliphatic heterocycles. The van der Waals surface area contributed by atoms with Gasteiger partial charge in [-0.25, -0.2) is 4.98 Å². The van der Waals surface area contributed by atoms with Gasteiger partial charge in [-0.2, -0.15) is 4.98 Å². The number of amides is 2. The lowest BCUT2D eigenvalue weighted by Crippen LogP contribution is -2.53. The number of pyridine rings is 1. The average Bonchev–Trinajstić information content (AvgIpc) is 2.96. The smallest absolute Gasteiger partial charge is 0.262 e. The van der Waals surface area contributed by atoms with Gasteiger partial charge in [0.05, 0.1) is 10.7 Å². The number of piperazine rings is 1. The molecule has 3 N–H and O–H groups in total. The molecule has 0 spiro atoms. The zero-order valence-corrected chi connectivity index (χ0v) is 25.0. The fraction of sp³-hybridized carbons (Fsp3) is 0.300. The molecule has 2 amide bonds. The largest absolute Gasteiger partial charge is 0.348 e. The molecule has 1 saturated heterocycles. The number of anilines is 2. The SMILES string of the molecule is CC(C)(C)N1CCN(c2ncc3cc(C(=O)Nc4cc(C(=O)NCc5cccc(Cl)c5)ccc4Cl)c(=O)[nH]c3n2)CC1. The number of hydrogen-bond donors (Lipinski definition) is 3. The zero-order valence-electron chi connectivity index (χ0n) is 23.5. The molecule has 0 aliphatic carbocycles. The number of aromatic amines is 1. The van der Waals surface area contributed by atoms with E-state index < -0.39 is 11.5 Å². The summed E-state index contributed by atoms with van der Waals surface area (Å²) in [6, 6.07) is 13.1. The van der Waals surface area contributed by atoms with Crippen molar-refractivity contribution in [3.8, 4) is 0 Å². The highest BCUT2D eigenvalue weighted by molar-refractivity contribution is 6.34. The summed E-state index contributed by atoms with van der Waals surface area (Å²) in [6.07, 6.45) is 1.60. The van der Waals surface area contributed by atoms with Gasteiger partial charge in [0.25, 0.3) is 17.4 Å². The maximum atomic E-state index is 13.1. The van der Waals surface area contributed by atoms with Crippen molar-refractivity contribution < 1.29 is 9.59 Å². The topological polar surface area (TPSA) is 123 Å². The molecule has 0 atom stereocenters. The predicted octanol–water partition coefficient (Wildman–Crippen LogP) is 4.73. The van der Waals surface area contributed by atoms with Crippen molar-refractivity contribution in [2.24, 2.45) is 0 Å². The second-order valence-corrected chi connectivity index (χ2v) is 11.9. The Labute approximate surface area is 253 Å². The van der Waals surface area contributed by atoms with Gasteiger partial charge in [0.2, 0.25) is 5.95 Å². The molecule has 1 aliphatic rings. The van der Waals surface area contributed by atoms with Crippen LogP contribution in [0.4, 0.5) is 11.6 Å². The second-order valence-electron chi connectivity index (χ2n) is 11.1. The molecule has 2 aromatic heterocycles. The standard InChI is InChI=1S/C30H31Cl2N7O3/c1-30(2,3)39-11-9-38(10-12-39)29-34-17-20-14-22(28(42)36-25(20)37-29)27(41)35-24-15-19(7-8-23(24)32)26(40)33-16-18-5-4-6-21(31)13-18/h4-8,13-15,17H,9-12,16H2,1-3H3,(H,33,40)(H,35,41)(H,34,36,37,42). The van der Waals surface area contributed by atoms with Crippen LogP contribution < -0.4 is 21.1 Å². The number of carbonyl (C=O) groups excluding carboxylic acids is 2. The van der Waals surface area contributed by atoms with Crippen LogP contribution in [0.2, 0.25) is 10.0 Å². The second kappa shape index (κ2) is 12.1. The number of fused-ring (bicyclic) bond motifs is 1. The van der Waals surface area contributed by atoms with Crippen LogP contribution in [0, 0.1) is 0 Å². The fourth-order valence-corrected chi connectivity index (χ4v) is 5.14. The van der Waals surface area contributed by atoms with E-state index in [-0.39, 0.29) is 39.8 Å². The number of halogens is 2. The molecule has 5 rings (SSSR count). The van der Waals surface area contributed by atoms with Crippen molar-refractivity contribution in [3.63, 3.8) is 0 Å². The third-order valence-corrected chi connectivity index (χ3v) is 7.72. The van der Waals surface area contributed by atoms with E-state index in [2.05, 4.69) is 56.2 Å². The van der Waals surface area contributed by atoms with Gasteiger partial charge in [0.1, 0.15) is 11.2 Å². The van der Waals surface area contributed by atoms with E-state index in [4.69, 9.17) is 23.2 Å². The molecule has 0 unspecified atom stereocenters. The van der Waals surface area contributed by atoms with Crippen molar-refractivity contribution >= 4 is 57.7 Å². The fourth-order valence-electron chi connectivity index (χ4n) is 4.77. The minimum absolute atomic E-state index is 0.0914. The highest BCUT2D eigenvalue weighted by atomic mass is 35.5. The Morgan fingerprint density at radius 2 is 1.76 bits per heavy atom. The van der Waals surface area contributed by atoms with E-state index in [1.54, 1.807) is 30.5 Å². The molecule has 12 heteroatoms. The lowest BCUT2D eigenvalue weighted by atomic mass is 10.1. The third kappa shape index (κ3) is 6.73. The predicted molar refractivity (Wildman–Crippen MR) is 166 cm³/mol. The van der Waals surface area contributed by atoms with Gasteiger partial charge in [0, 0.05) is 60.4 Å². The van der Waals surface area contributed by atoms with E-state index in [1.807, 2.05) is 6.07 Å². The lowest BCUT2D eigenvalue weighted by Gasteiger charge is -2.42. The number of H-pyrrole nitrogens is 1. The normalized spacial score (nSPS) is 14.2. The molecular formula is C30H31Cl2N7O3. The zero-order chi connectivity index (χ0) is 30.0. The Bertz CT molecular complexity index is 1710. The summed E-state index contributed by atoms with van der Waals surface area (Å²) < 4.78 is 0. The van der Waals surface area contributed by atoms with Gasteiger partial charge in [0.15, 0.2) is 0 Å². The quantitative estimate of drug-likeness (QED) is 0.289. The van der Waals surface area contributed by atoms with Crippen LogP contribution in [0.3, 0.4) is 0 Å². The molecule has 0 radical (unpaired) electrons. The first-order chi connectivity index (χ1) is 20.0. The Morgan fingerprint density at radius 3 is 2.48 bits per heavy atom. The summed E-state index contributed by atoms with van der Waals surface area (Å²) in [5.41, 5.74) is 1.02. The van der Waals surface area contributed by atoms with Crippen LogP contribution in [-0.4, -0.2) is 63.4 Å². The van der Waals surface area contributed by atoms with Crippen LogP contribution in [0.25, 0.3) is 11.0 Å². The Morgan fingerprint density at radius 1 is 1.00 bits per heavy atom. The Kier molecular flexibility index (Phi) is 8.49. The molecule has 1 fully saturated rings. The van der Waals surface area contributed by atoms with Gasteiger partial charge in [-0.1, -0.05) is 35.3 Å². The van der Waals surface area contributed by atoms with Crippen molar-refractivity contribution in [2.75, 3.05) is 36.4 Å². The number of nitrogens with zero attached hydrogens (tertiary/aromatic N) is 4. The molecule has 0 saturated carbocycles. The van der Waals surface area contributed by atoms with Crippen LogP contribution in [0.1, 0.15) is 47.1 Å². The first-order valence-electron chi connectivity index (χ1n) is 13.5. The number of carbonyl (C=O) groups is 2. The van der Waals surface area contributed by atoms with Gasteiger partial charge in [-0.15, -0.1) is 0 Å². The summed E-state index contributed by atoms with van der Waals surface area (Å²) in [4.78, 5) is 55.0. The number of rotatable bonds is 6. The Hall–Kier alpha value is -3.99. The highest BCUT2D eigenvalue weighted by Gasteiger charge is 2.27. The van der Waals surface area contributed by atoms with E-state index in [0.717, 1.165) is 31.7 Å². The summed E-state index contributed by atoms with van der Waals surface area (Å²) >= 11 is 12.3. The van der Waals surface area contributed by atoms with E-state index in [9.17, 15) is 14.4 Å². The van der Waals surface area contributed by atoms with Crippen LogP contribution in [0.15, 0.2) is 59.5 Å². The Balaban J connectivity index is 1.29. The van der Waals surface area contributed by atoms with Crippen molar-refractivity contribution in [1.29, 1.82) is 0 Å². The minimum Gasteiger partial charge on any atom is -0.348 e. The molecule has 218 valence electrons. The number of aromatic nitrogens is 3. The summed E-state index contributed by atoms with van der Waals surface area (Å²) in [5.74, 6) is -0.515. The lowest BCUT2D eigenvalue weighted by molar-refractivity contribution is 0.0949.